The van der Waals surface area contributed by atoms with E-state index in [1.165, 1.54) is 0 Å². The van der Waals surface area contributed by atoms with Gasteiger partial charge in [-0.15, -0.1) is 0 Å². The van der Waals surface area contributed by atoms with Crippen LogP contribution in [0, 0.1) is 0 Å². The normalized spacial score (nSPS) is 11.2. The highest BCUT2D eigenvalue weighted by Gasteiger charge is 2.14. The number of unbranched alkanes of at least 4 members (excludes halogenated alkanes) is 1. The molecule has 2 rings (SSSR count). The number of aromatic hydroxyl groups is 1. The lowest BCUT2D eigenvalue weighted by Gasteiger charge is -2.17. The SMILES string of the molecule is CCCCc1c(OC(C)C)cc2ccccc2c1O. The zero-order valence-corrected chi connectivity index (χ0v) is 11.9. The summed E-state index contributed by atoms with van der Waals surface area (Å²) in [6.45, 7) is 6.17. The first-order chi connectivity index (χ1) is 9.13. The fourth-order valence-electron chi connectivity index (χ4n) is 2.30. The summed E-state index contributed by atoms with van der Waals surface area (Å²) in [5.41, 5.74) is 0.939. The zero-order valence-electron chi connectivity index (χ0n) is 11.9. The minimum absolute atomic E-state index is 0.112. The highest BCUT2D eigenvalue weighted by Crippen LogP contribution is 2.37. The van der Waals surface area contributed by atoms with Crippen molar-refractivity contribution in [2.75, 3.05) is 0 Å². The largest absolute Gasteiger partial charge is 0.507 e. The van der Waals surface area contributed by atoms with Gasteiger partial charge in [0.1, 0.15) is 11.5 Å². The van der Waals surface area contributed by atoms with Crippen molar-refractivity contribution in [1.82, 2.24) is 0 Å². The van der Waals surface area contributed by atoms with Gasteiger partial charge in [0.25, 0.3) is 0 Å². The topological polar surface area (TPSA) is 29.5 Å². The molecule has 0 fully saturated rings. The van der Waals surface area contributed by atoms with Crippen molar-refractivity contribution in [3.63, 3.8) is 0 Å². The van der Waals surface area contributed by atoms with Crippen LogP contribution in [0.4, 0.5) is 0 Å². The van der Waals surface area contributed by atoms with Crippen LogP contribution in [0.15, 0.2) is 30.3 Å². The van der Waals surface area contributed by atoms with E-state index in [4.69, 9.17) is 4.74 Å². The Kier molecular flexibility index (Phi) is 4.31. The Morgan fingerprint density at radius 1 is 1.21 bits per heavy atom. The van der Waals surface area contributed by atoms with Gasteiger partial charge in [-0.2, -0.15) is 0 Å². The molecule has 2 heteroatoms. The number of hydrogen-bond acceptors (Lipinski definition) is 2. The van der Waals surface area contributed by atoms with Crippen LogP contribution in [-0.4, -0.2) is 11.2 Å². The van der Waals surface area contributed by atoms with Gasteiger partial charge >= 0.3 is 0 Å². The molecule has 0 spiro atoms. The summed E-state index contributed by atoms with van der Waals surface area (Å²) in [6.07, 6.45) is 3.13. The van der Waals surface area contributed by atoms with Gasteiger partial charge in [-0.1, -0.05) is 37.6 Å². The van der Waals surface area contributed by atoms with Crippen molar-refractivity contribution in [3.8, 4) is 11.5 Å². The standard InChI is InChI=1S/C17H22O2/c1-4-5-9-15-16(19-12(2)3)11-13-8-6-7-10-14(13)17(15)18/h6-8,10-12,18H,4-5,9H2,1-3H3. The molecule has 2 aromatic rings. The molecule has 0 radical (unpaired) electrons. The Hall–Kier alpha value is -1.70. The highest BCUT2D eigenvalue weighted by molar-refractivity contribution is 5.91. The van der Waals surface area contributed by atoms with Gasteiger partial charge in [-0.25, -0.2) is 0 Å². The third-order valence-corrected chi connectivity index (χ3v) is 3.23. The Balaban J connectivity index is 2.55. The van der Waals surface area contributed by atoms with Gasteiger partial charge < -0.3 is 9.84 Å². The van der Waals surface area contributed by atoms with E-state index in [0.29, 0.717) is 5.75 Å². The fraction of sp³-hybridized carbons (Fsp3) is 0.412. The van der Waals surface area contributed by atoms with Gasteiger partial charge in [-0.05, 0) is 38.1 Å². The van der Waals surface area contributed by atoms with Crippen LogP contribution in [0.5, 0.6) is 11.5 Å². The minimum Gasteiger partial charge on any atom is -0.507 e. The molecule has 0 unspecified atom stereocenters. The summed E-state index contributed by atoms with van der Waals surface area (Å²) in [6, 6.07) is 9.94. The summed E-state index contributed by atoms with van der Waals surface area (Å²) in [5, 5.41) is 12.4. The predicted molar refractivity (Wildman–Crippen MR) is 80.0 cm³/mol. The van der Waals surface area contributed by atoms with Gasteiger partial charge in [0.2, 0.25) is 0 Å². The van der Waals surface area contributed by atoms with Crippen LogP contribution in [0.25, 0.3) is 10.8 Å². The molecule has 2 aromatic carbocycles. The van der Waals surface area contributed by atoms with E-state index in [0.717, 1.165) is 41.3 Å². The van der Waals surface area contributed by atoms with Crippen LogP contribution in [0.1, 0.15) is 39.2 Å². The van der Waals surface area contributed by atoms with E-state index in [-0.39, 0.29) is 6.10 Å². The molecule has 0 aliphatic rings. The van der Waals surface area contributed by atoms with Gasteiger partial charge in [0.05, 0.1) is 6.10 Å². The second-order valence-electron chi connectivity index (χ2n) is 5.19. The summed E-state index contributed by atoms with van der Waals surface area (Å²) >= 11 is 0. The smallest absolute Gasteiger partial charge is 0.130 e. The minimum atomic E-state index is 0.112. The molecule has 0 aliphatic heterocycles. The molecule has 0 atom stereocenters. The summed E-state index contributed by atoms with van der Waals surface area (Å²) in [7, 11) is 0. The van der Waals surface area contributed by atoms with Crippen molar-refractivity contribution in [3.05, 3.63) is 35.9 Å². The maximum atomic E-state index is 10.5. The molecule has 1 N–H and O–H groups in total. The van der Waals surface area contributed by atoms with E-state index in [2.05, 4.69) is 6.92 Å². The van der Waals surface area contributed by atoms with Crippen molar-refractivity contribution < 1.29 is 9.84 Å². The average molecular weight is 258 g/mol. The monoisotopic (exact) mass is 258 g/mol. The number of fused-ring (bicyclic) bond motifs is 1. The van der Waals surface area contributed by atoms with Crippen LogP contribution >= 0.6 is 0 Å². The summed E-state index contributed by atoms with van der Waals surface area (Å²) in [5.74, 6) is 1.20. The molecule has 0 aliphatic carbocycles. The second-order valence-corrected chi connectivity index (χ2v) is 5.19. The number of rotatable bonds is 5. The maximum Gasteiger partial charge on any atom is 0.130 e. The van der Waals surface area contributed by atoms with E-state index in [1.807, 2.05) is 44.2 Å². The Labute approximate surface area is 115 Å². The molecule has 0 bridgehead atoms. The van der Waals surface area contributed by atoms with Crippen molar-refractivity contribution >= 4 is 10.8 Å². The zero-order chi connectivity index (χ0) is 13.8. The Morgan fingerprint density at radius 2 is 1.95 bits per heavy atom. The summed E-state index contributed by atoms with van der Waals surface area (Å²) in [4.78, 5) is 0. The lowest BCUT2D eigenvalue weighted by Crippen LogP contribution is -2.08. The van der Waals surface area contributed by atoms with Crippen molar-refractivity contribution in [1.29, 1.82) is 0 Å². The number of benzene rings is 2. The summed E-state index contributed by atoms with van der Waals surface area (Å²) < 4.78 is 5.87. The lowest BCUT2D eigenvalue weighted by molar-refractivity contribution is 0.239. The van der Waals surface area contributed by atoms with Crippen LogP contribution in [0.3, 0.4) is 0 Å². The molecule has 0 amide bonds. The molecular weight excluding hydrogens is 236 g/mol. The average Bonchev–Trinajstić information content (AvgIpc) is 2.38. The van der Waals surface area contributed by atoms with Gasteiger partial charge in [0.15, 0.2) is 0 Å². The molecule has 0 heterocycles. The second kappa shape index (κ2) is 5.96. The van der Waals surface area contributed by atoms with Crippen LogP contribution < -0.4 is 4.74 Å². The van der Waals surface area contributed by atoms with Gasteiger partial charge in [-0.3, -0.25) is 0 Å². The van der Waals surface area contributed by atoms with E-state index >= 15 is 0 Å². The van der Waals surface area contributed by atoms with Crippen molar-refractivity contribution in [2.24, 2.45) is 0 Å². The first-order valence-electron chi connectivity index (χ1n) is 7.03. The maximum absolute atomic E-state index is 10.5. The van der Waals surface area contributed by atoms with Gasteiger partial charge in [0, 0.05) is 10.9 Å². The molecule has 0 aromatic heterocycles. The third-order valence-electron chi connectivity index (χ3n) is 3.23. The van der Waals surface area contributed by atoms with E-state index < -0.39 is 0 Å². The first kappa shape index (κ1) is 13.7. The van der Waals surface area contributed by atoms with Crippen LogP contribution in [-0.2, 0) is 6.42 Å². The molecule has 19 heavy (non-hydrogen) atoms. The number of ether oxygens (including phenoxy) is 1. The quantitative estimate of drug-likeness (QED) is 0.844. The van der Waals surface area contributed by atoms with Crippen LogP contribution in [0.2, 0.25) is 0 Å². The van der Waals surface area contributed by atoms with E-state index in [1.54, 1.807) is 0 Å². The third kappa shape index (κ3) is 3.01. The Bertz CT molecular complexity index is 558. The predicted octanol–water partition coefficient (Wildman–Crippen LogP) is 4.68. The molecule has 0 saturated heterocycles. The molecular formula is C17H22O2. The Morgan fingerprint density at radius 3 is 2.63 bits per heavy atom. The number of hydrogen-bond donors (Lipinski definition) is 1. The lowest BCUT2D eigenvalue weighted by atomic mass is 10.00. The molecule has 102 valence electrons. The first-order valence-corrected chi connectivity index (χ1v) is 7.03. The molecule has 2 nitrogen and oxygen atoms in total. The highest BCUT2D eigenvalue weighted by atomic mass is 16.5. The molecule has 0 saturated carbocycles. The van der Waals surface area contributed by atoms with Crippen molar-refractivity contribution in [2.45, 2.75) is 46.1 Å². The fourth-order valence-corrected chi connectivity index (χ4v) is 2.30. The number of phenolic OH excluding ortho intramolecular Hbond substituents is 1. The van der Waals surface area contributed by atoms with E-state index in [9.17, 15) is 5.11 Å². The number of phenols is 1.